The van der Waals surface area contributed by atoms with Gasteiger partial charge in [0, 0.05) is 26.2 Å². The molecule has 0 bridgehead atoms. The number of piperidine rings is 1. The molecule has 0 radical (unpaired) electrons. The van der Waals surface area contributed by atoms with E-state index >= 15 is 0 Å². The number of nitrogens with zero attached hydrogens (tertiary/aromatic N) is 1. The Hall–Kier alpha value is -1.44. The van der Waals surface area contributed by atoms with Crippen molar-refractivity contribution < 1.29 is 17.9 Å². The van der Waals surface area contributed by atoms with Gasteiger partial charge in [0.15, 0.2) is 0 Å². The lowest BCUT2D eigenvalue weighted by molar-refractivity contribution is 0.0273. The fourth-order valence-electron chi connectivity index (χ4n) is 3.97. The van der Waals surface area contributed by atoms with Gasteiger partial charge in [-0.15, -0.1) is 0 Å². The predicted octanol–water partition coefficient (Wildman–Crippen LogP) is 3.33. The van der Waals surface area contributed by atoms with Gasteiger partial charge in [-0.05, 0) is 44.2 Å². The maximum atomic E-state index is 13.0. The second-order valence-corrected chi connectivity index (χ2v) is 9.61. The summed E-state index contributed by atoms with van der Waals surface area (Å²) in [6.07, 6.45) is 9.93. The molecule has 1 amide bonds. The minimum Gasteiger partial charge on any atom is -0.378 e. The lowest BCUT2D eigenvalue weighted by Gasteiger charge is -2.26. The number of carbonyl (C=O) groups is 1. The summed E-state index contributed by atoms with van der Waals surface area (Å²) in [5.41, 5.74) is 0.223. The standard InChI is InChI=1S/C21H32N2O4S/c24-21(22-14-9-17-27-18-10-3-1-4-11-18)19-12-5-6-13-20(19)28(25,26)23-15-7-2-8-16-23/h5-6,12-13,18H,1-4,7-11,14-17H2,(H,22,24). The van der Waals surface area contributed by atoms with Gasteiger partial charge >= 0.3 is 0 Å². The molecular weight excluding hydrogens is 376 g/mol. The molecule has 1 aliphatic heterocycles. The van der Waals surface area contributed by atoms with Crippen molar-refractivity contribution in [3.63, 3.8) is 0 Å². The minimum atomic E-state index is -3.64. The summed E-state index contributed by atoms with van der Waals surface area (Å²) in [5.74, 6) is -0.339. The SMILES string of the molecule is O=C(NCCCOC1CCCCC1)c1ccccc1S(=O)(=O)N1CCCCC1. The summed E-state index contributed by atoms with van der Waals surface area (Å²) < 4.78 is 33.4. The van der Waals surface area contributed by atoms with Crippen LogP contribution in [0.25, 0.3) is 0 Å². The van der Waals surface area contributed by atoms with Crippen molar-refractivity contribution in [1.29, 1.82) is 0 Å². The maximum Gasteiger partial charge on any atom is 0.252 e. The van der Waals surface area contributed by atoms with E-state index in [0.717, 1.165) is 38.5 Å². The summed E-state index contributed by atoms with van der Waals surface area (Å²) in [6, 6.07) is 6.50. The monoisotopic (exact) mass is 408 g/mol. The first-order valence-corrected chi connectivity index (χ1v) is 12.0. The van der Waals surface area contributed by atoms with Crippen LogP contribution in [0.4, 0.5) is 0 Å². The molecule has 1 saturated carbocycles. The molecule has 0 aromatic heterocycles. The van der Waals surface area contributed by atoms with Gasteiger partial charge in [-0.3, -0.25) is 4.79 Å². The van der Waals surface area contributed by atoms with Crippen molar-refractivity contribution in [3.05, 3.63) is 29.8 Å². The van der Waals surface area contributed by atoms with E-state index in [9.17, 15) is 13.2 Å². The van der Waals surface area contributed by atoms with Gasteiger partial charge in [0.05, 0.1) is 16.6 Å². The Kier molecular flexibility index (Phi) is 7.88. The maximum absolute atomic E-state index is 13.0. The average molecular weight is 409 g/mol. The second kappa shape index (κ2) is 10.4. The number of hydrogen-bond donors (Lipinski definition) is 1. The third-order valence-corrected chi connectivity index (χ3v) is 7.53. The van der Waals surface area contributed by atoms with Crippen LogP contribution >= 0.6 is 0 Å². The van der Waals surface area contributed by atoms with Crippen molar-refractivity contribution in [2.24, 2.45) is 0 Å². The lowest BCUT2D eigenvalue weighted by atomic mass is 9.98. The number of carbonyl (C=O) groups excluding carboxylic acids is 1. The van der Waals surface area contributed by atoms with Crippen LogP contribution in [0.1, 0.15) is 68.1 Å². The van der Waals surface area contributed by atoms with E-state index in [0.29, 0.717) is 32.3 Å². The summed E-state index contributed by atoms with van der Waals surface area (Å²) in [5, 5.41) is 2.85. The zero-order valence-electron chi connectivity index (χ0n) is 16.6. The molecular formula is C21H32N2O4S. The fraction of sp³-hybridized carbons (Fsp3) is 0.667. The van der Waals surface area contributed by atoms with E-state index < -0.39 is 10.0 Å². The largest absolute Gasteiger partial charge is 0.378 e. The average Bonchev–Trinajstić information content (AvgIpc) is 2.75. The minimum absolute atomic E-state index is 0.104. The van der Waals surface area contributed by atoms with Crippen LogP contribution in [0.2, 0.25) is 0 Å². The third-order valence-electron chi connectivity index (χ3n) is 5.58. The Morgan fingerprint density at radius 3 is 2.46 bits per heavy atom. The first-order valence-electron chi connectivity index (χ1n) is 10.6. The molecule has 0 spiro atoms. The normalized spacial score (nSPS) is 19.4. The lowest BCUT2D eigenvalue weighted by Crippen LogP contribution is -2.37. The molecule has 1 aromatic carbocycles. The highest BCUT2D eigenvalue weighted by Crippen LogP contribution is 2.23. The molecule has 2 fully saturated rings. The Bertz CT molecular complexity index is 739. The molecule has 1 heterocycles. The third kappa shape index (κ3) is 5.55. The van der Waals surface area contributed by atoms with E-state index in [1.54, 1.807) is 18.2 Å². The summed E-state index contributed by atoms with van der Waals surface area (Å²) in [6.45, 7) is 2.15. The first-order chi connectivity index (χ1) is 13.6. The fourth-order valence-corrected chi connectivity index (χ4v) is 5.68. The van der Waals surface area contributed by atoms with Crippen LogP contribution in [0.3, 0.4) is 0 Å². The number of amides is 1. The smallest absolute Gasteiger partial charge is 0.252 e. The van der Waals surface area contributed by atoms with Crippen LogP contribution in [0.15, 0.2) is 29.2 Å². The van der Waals surface area contributed by atoms with Gasteiger partial charge in [0.25, 0.3) is 5.91 Å². The van der Waals surface area contributed by atoms with Crippen LogP contribution in [0, 0.1) is 0 Å². The van der Waals surface area contributed by atoms with Gasteiger partial charge in [-0.2, -0.15) is 4.31 Å². The first kappa shape index (κ1) is 21.3. The van der Waals surface area contributed by atoms with Gasteiger partial charge in [0.2, 0.25) is 10.0 Å². The van der Waals surface area contributed by atoms with Gasteiger partial charge in [-0.1, -0.05) is 37.8 Å². The van der Waals surface area contributed by atoms with Crippen molar-refractivity contribution in [1.82, 2.24) is 9.62 Å². The Morgan fingerprint density at radius 2 is 1.71 bits per heavy atom. The summed E-state index contributed by atoms with van der Waals surface area (Å²) in [7, 11) is -3.64. The highest BCUT2D eigenvalue weighted by molar-refractivity contribution is 7.89. The van der Waals surface area contributed by atoms with Crippen LogP contribution < -0.4 is 5.32 Å². The second-order valence-electron chi connectivity index (χ2n) is 7.70. The Balaban J connectivity index is 1.53. The molecule has 156 valence electrons. The van der Waals surface area contributed by atoms with Gasteiger partial charge in [-0.25, -0.2) is 8.42 Å². The van der Waals surface area contributed by atoms with E-state index in [4.69, 9.17) is 4.74 Å². The molecule has 6 nitrogen and oxygen atoms in total. The van der Waals surface area contributed by atoms with Crippen LogP contribution in [0.5, 0.6) is 0 Å². The van der Waals surface area contributed by atoms with Crippen molar-refractivity contribution in [2.75, 3.05) is 26.2 Å². The highest BCUT2D eigenvalue weighted by atomic mass is 32.2. The van der Waals surface area contributed by atoms with Crippen molar-refractivity contribution >= 4 is 15.9 Å². The predicted molar refractivity (Wildman–Crippen MR) is 109 cm³/mol. The zero-order chi connectivity index (χ0) is 19.8. The Morgan fingerprint density at radius 1 is 1.04 bits per heavy atom. The van der Waals surface area contributed by atoms with E-state index in [1.165, 1.54) is 29.6 Å². The zero-order valence-corrected chi connectivity index (χ0v) is 17.4. The number of sulfonamides is 1. The van der Waals surface area contributed by atoms with Gasteiger partial charge < -0.3 is 10.1 Å². The van der Waals surface area contributed by atoms with Crippen LogP contribution in [-0.4, -0.2) is 51.0 Å². The van der Waals surface area contributed by atoms with Crippen molar-refractivity contribution in [3.8, 4) is 0 Å². The number of ether oxygens (including phenoxy) is 1. The Labute approximate surface area is 168 Å². The molecule has 7 heteroatoms. The highest BCUT2D eigenvalue weighted by Gasteiger charge is 2.29. The molecule has 28 heavy (non-hydrogen) atoms. The number of nitrogens with one attached hydrogen (secondary N) is 1. The molecule has 3 rings (SSSR count). The summed E-state index contributed by atoms with van der Waals surface area (Å²) in [4.78, 5) is 12.7. The topological polar surface area (TPSA) is 75.7 Å². The quantitative estimate of drug-likeness (QED) is 0.670. The molecule has 1 N–H and O–H groups in total. The van der Waals surface area contributed by atoms with Crippen molar-refractivity contribution in [2.45, 2.75) is 68.8 Å². The number of hydrogen-bond acceptors (Lipinski definition) is 4. The molecule has 1 saturated heterocycles. The van der Waals surface area contributed by atoms with E-state index in [2.05, 4.69) is 5.32 Å². The number of rotatable bonds is 8. The van der Waals surface area contributed by atoms with E-state index in [-0.39, 0.29) is 16.4 Å². The van der Waals surface area contributed by atoms with Gasteiger partial charge in [0.1, 0.15) is 0 Å². The van der Waals surface area contributed by atoms with E-state index in [1.807, 2.05) is 0 Å². The molecule has 2 aliphatic rings. The molecule has 1 aliphatic carbocycles. The molecule has 0 unspecified atom stereocenters. The molecule has 0 atom stereocenters. The molecule has 1 aromatic rings. The van der Waals surface area contributed by atoms with Crippen LogP contribution in [-0.2, 0) is 14.8 Å². The number of benzene rings is 1. The summed E-state index contributed by atoms with van der Waals surface area (Å²) >= 11 is 0.